The number of hydrogen-bond acceptors (Lipinski definition) is 6. The van der Waals surface area contributed by atoms with Gasteiger partial charge in [0.1, 0.15) is 0 Å². The molecule has 0 aliphatic rings. The van der Waals surface area contributed by atoms with Crippen molar-refractivity contribution in [3.05, 3.63) is 35.7 Å². The van der Waals surface area contributed by atoms with Crippen LogP contribution in [-0.2, 0) is 10.2 Å². The molecule has 0 saturated heterocycles. The van der Waals surface area contributed by atoms with E-state index in [-0.39, 0.29) is 22.9 Å². The summed E-state index contributed by atoms with van der Waals surface area (Å²) in [6.45, 7) is 7.41. The Kier molecular flexibility index (Phi) is 5.20. The molecule has 1 aromatic heterocycles. The summed E-state index contributed by atoms with van der Waals surface area (Å²) >= 11 is 1.18. The van der Waals surface area contributed by atoms with Gasteiger partial charge in [0.05, 0.1) is 5.75 Å². The van der Waals surface area contributed by atoms with Crippen LogP contribution >= 0.6 is 11.8 Å². The molecule has 0 atom stereocenters. The van der Waals surface area contributed by atoms with Crippen molar-refractivity contribution in [1.29, 1.82) is 0 Å². The van der Waals surface area contributed by atoms with Gasteiger partial charge >= 0.3 is 0 Å². The summed E-state index contributed by atoms with van der Waals surface area (Å²) in [5.41, 5.74) is 0.924. The maximum Gasteiger partial charge on any atom is 0.277 e. The Morgan fingerprint density at radius 1 is 1.26 bits per heavy atom. The molecular formula is C16H19N3O3S. The lowest BCUT2D eigenvalue weighted by atomic mass is 9.97. The highest BCUT2D eigenvalue weighted by molar-refractivity contribution is 7.99. The molecule has 0 aliphatic heterocycles. The molecule has 7 heteroatoms. The number of anilines is 1. The molecule has 2 aromatic rings. The monoisotopic (exact) mass is 333 g/mol. The van der Waals surface area contributed by atoms with Crippen LogP contribution in [0.1, 0.15) is 43.9 Å². The highest BCUT2D eigenvalue weighted by Gasteiger charge is 2.21. The first-order valence-electron chi connectivity index (χ1n) is 7.13. The number of hydrogen-bond donors (Lipinski definition) is 1. The van der Waals surface area contributed by atoms with E-state index in [2.05, 4.69) is 15.5 Å². The summed E-state index contributed by atoms with van der Waals surface area (Å²) in [6, 6.07) is 6.82. The number of thioether (sulfide) groups is 1. The third kappa shape index (κ3) is 4.92. The topological polar surface area (TPSA) is 85.1 Å². The molecule has 0 unspecified atom stereocenters. The predicted molar refractivity (Wildman–Crippen MR) is 88.8 cm³/mol. The first-order valence-corrected chi connectivity index (χ1v) is 8.12. The lowest BCUT2D eigenvalue weighted by Gasteiger charge is -2.10. The number of ketones is 1. The molecule has 122 valence electrons. The Labute approximate surface area is 139 Å². The summed E-state index contributed by atoms with van der Waals surface area (Å²) in [5.74, 6) is 0.438. The zero-order chi connectivity index (χ0) is 17.0. The van der Waals surface area contributed by atoms with E-state index in [1.165, 1.54) is 18.7 Å². The summed E-state index contributed by atoms with van der Waals surface area (Å²) in [4.78, 5) is 23.3. The van der Waals surface area contributed by atoms with Crippen LogP contribution < -0.4 is 5.32 Å². The second-order valence-corrected chi connectivity index (χ2v) is 7.02. The van der Waals surface area contributed by atoms with Crippen LogP contribution in [-0.4, -0.2) is 27.6 Å². The van der Waals surface area contributed by atoms with Crippen LogP contribution in [0.5, 0.6) is 0 Å². The molecule has 0 fully saturated rings. The van der Waals surface area contributed by atoms with E-state index >= 15 is 0 Å². The van der Waals surface area contributed by atoms with Gasteiger partial charge in [0.15, 0.2) is 5.78 Å². The minimum atomic E-state index is -0.221. The number of aromatic nitrogens is 2. The molecule has 6 nitrogen and oxygen atoms in total. The predicted octanol–water partition coefficient (Wildman–Crippen LogP) is 3.30. The third-order valence-corrected chi connectivity index (χ3v) is 3.75. The normalized spacial score (nSPS) is 11.3. The first-order chi connectivity index (χ1) is 10.8. The van der Waals surface area contributed by atoms with Crippen molar-refractivity contribution in [3.8, 4) is 0 Å². The van der Waals surface area contributed by atoms with Gasteiger partial charge in [-0.1, -0.05) is 44.7 Å². The average Bonchev–Trinajstić information content (AvgIpc) is 2.94. The maximum atomic E-state index is 12.0. The van der Waals surface area contributed by atoms with Gasteiger partial charge in [-0.3, -0.25) is 9.59 Å². The highest BCUT2D eigenvalue weighted by atomic mass is 32.2. The van der Waals surface area contributed by atoms with Crippen molar-refractivity contribution in [3.63, 3.8) is 0 Å². The molecule has 1 heterocycles. The minimum absolute atomic E-state index is 0.0453. The van der Waals surface area contributed by atoms with E-state index in [1.54, 1.807) is 24.3 Å². The van der Waals surface area contributed by atoms with Crippen molar-refractivity contribution in [2.24, 2.45) is 0 Å². The molecule has 0 aliphatic carbocycles. The molecule has 0 saturated carbocycles. The lowest BCUT2D eigenvalue weighted by Crippen LogP contribution is -2.14. The molecule has 1 N–H and O–H groups in total. The van der Waals surface area contributed by atoms with Gasteiger partial charge in [0, 0.05) is 16.7 Å². The Hall–Kier alpha value is -2.15. The van der Waals surface area contributed by atoms with Gasteiger partial charge in [0.25, 0.3) is 5.22 Å². The Balaban J connectivity index is 1.91. The maximum absolute atomic E-state index is 12.0. The molecule has 23 heavy (non-hydrogen) atoms. The van der Waals surface area contributed by atoms with Crippen LogP contribution in [0, 0.1) is 0 Å². The zero-order valence-corrected chi connectivity index (χ0v) is 14.4. The fourth-order valence-electron chi connectivity index (χ4n) is 1.71. The number of rotatable bonds is 5. The first kappa shape index (κ1) is 17.2. The number of benzene rings is 1. The van der Waals surface area contributed by atoms with Gasteiger partial charge < -0.3 is 9.73 Å². The number of nitrogens with zero attached hydrogens (tertiary/aromatic N) is 2. The van der Waals surface area contributed by atoms with Crippen LogP contribution in [0.3, 0.4) is 0 Å². The van der Waals surface area contributed by atoms with Crippen molar-refractivity contribution in [2.45, 2.75) is 38.3 Å². The van der Waals surface area contributed by atoms with Crippen molar-refractivity contribution in [2.75, 3.05) is 11.1 Å². The second-order valence-electron chi connectivity index (χ2n) is 6.10. The SMILES string of the molecule is CC(=O)c1cccc(NC(=O)CSc2nnc(C(C)(C)C)o2)c1. The van der Waals surface area contributed by atoms with Crippen LogP contribution in [0.15, 0.2) is 33.9 Å². The van der Waals surface area contributed by atoms with E-state index < -0.39 is 0 Å². The van der Waals surface area contributed by atoms with Crippen LogP contribution in [0.4, 0.5) is 5.69 Å². The molecule has 0 radical (unpaired) electrons. The molecule has 1 aromatic carbocycles. The molecule has 1 amide bonds. The van der Waals surface area contributed by atoms with E-state index in [1.807, 2.05) is 20.8 Å². The molecule has 0 bridgehead atoms. The summed E-state index contributed by atoms with van der Waals surface area (Å²) < 4.78 is 5.52. The van der Waals surface area contributed by atoms with E-state index in [9.17, 15) is 9.59 Å². The largest absolute Gasteiger partial charge is 0.415 e. The van der Waals surface area contributed by atoms with Gasteiger partial charge in [-0.05, 0) is 19.1 Å². The number of amides is 1. The summed E-state index contributed by atoms with van der Waals surface area (Å²) in [6.07, 6.45) is 0. The smallest absolute Gasteiger partial charge is 0.277 e. The molecule has 2 rings (SSSR count). The summed E-state index contributed by atoms with van der Waals surface area (Å²) in [7, 11) is 0. The zero-order valence-electron chi connectivity index (χ0n) is 13.5. The fraction of sp³-hybridized carbons (Fsp3) is 0.375. The fourth-order valence-corrected chi connectivity index (χ4v) is 2.27. The quantitative estimate of drug-likeness (QED) is 0.667. The molecule has 0 spiro atoms. The average molecular weight is 333 g/mol. The van der Waals surface area contributed by atoms with Crippen molar-refractivity contribution >= 4 is 29.1 Å². The lowest BCUT2D eigenvalue weighted by molar-refractivity contribution is -0.113. The highest BCUT2D eigenvalue weighted by Crippen LogP contribution is 2.24. The van der Waals surface area contributed by atoms with Crippen molar-refractivity contribution in [1.82, 2.24) is 10.2 Å². The number of nitrogens with one attached hydrogen (secondary N) is 1. The third-order valence-electron chi connectivity index (χ3n) is 2.93. The Bertz CT molecular complexity index is 719. The van der Waals surface area contributed by atoms with Gasteiger partial charge in [0.2, 0.25) is 11.8 Å². The Morgan fingerprint density at radius 2 is 2.00 bits per heavy atom. The van der Waals surface area contributed by atoms with Gasteiger partial charge in [-0.2, -0.15) is 0 Å². The van der Waals surface area contributed by atoms with Gasteiger partial charge in [-0.25, -0.2) is 0 Å². The molecular weight excluding hydrogens is 314 g/mol. The number of carbonyl (C=O) groups excluding carboxylic acids is 2. The second kappa shape index (κ2) is 6.95. The Morgan fingerprint density at radius 3 is 2.61 bits per heavy atom. The minimum Gasteiger partial charge on any atom is -0.415 e. The van der Waals surface area contributed by atoms with E-state index in [0.29, 0.717) is 22.4 Å². The summed E-state index contributed by atoms with van der Waals surface area (Å²) in [5, 5.41) is 11.0. The van der Waals surface area contributed by atoms with Crippen LogP contribution in [0.2, 0.25) is 0 Å². The number of carbonyl (C=O) groups is 2. The standard InChI is InChI=1S/C16H19N3O3S/c1-10(20)11-6-5-7-12(8-11)17-13(21)9-23-15-19-18-14(22-15)16(2,3)4/h5-8H,9H2,1-4H3,(H,17,21). The van der Waals surface area contributed by atoms with Gasteiger partial charge in [-0.15, -0.1) is 10.2 Å². The van der Waals surface area contributed by atoms with E-state index in [4.69, 9.17) is 4.42 Å². The van der Waals surface area contributed by atoms with E-state index in [0.717, 1.165) is 0 Å². The van der Waals surface area contributed by atoms with Crippen molar-refractivity contribution < 1.29 is 14.0 Å². The van der Waals surface area contributed by atoms with Crippen LogP contribution in [0.25, 0.3) is 0 Å². The number of Topliss-reactive ketones (excluding diaryl/α,β-unsaturated/α-hetero) is 1.